The first-order valence-corrected chi connectivity index (χ1v) is 10.3. The van der Waals surface area contributed by atoms with Gasteiger partial charge in [0, 0.05) is 19.8 Å². The van der Waals surface area contributed by atoms with Gasteiger partial charge in [-0.05, 0) is 54.9 Å². The van der Waals surface area contributed by atoms with E-state index in [2.05, 4.69) is 5.32 Å². The average Bonchev–Trinajstić information content (AvgIpc) is 3.03. The summed E-state index contributed by atoms with van der Waals surface area (Å²) < 4.78 is 16.7. The zero-order valence-corrected chi connectivity index (χ0v) is 18.0. The fraction of sp³-hybridized carbons (Fsp3) is 0.304. The first-order chi connectivity index (χ1) is 14.6. The summed E-state index contributed by atoms with van der Waals surface area (Å²) in [6.07, 6.45) is 2.50. The number of rotatable bonds is 10. The molecule has 6 nitrogen and oxygen atoms in total. The second-order valence-corrected chi connectivity index (χ2v) is 7.07. The van der Waals surface area contributed by atoms with Gasteiger partial charge in [0.05, 0.1) is 7.11 Å². The molecule has 0 spiro atoms. The van der Waals surface area contributed by atoms with Crippen molar-refractivity contribution in [2.24, 2.45) is 0 Å². The first kappa shape index (κ1) is 21.8. The summed E-state index contributed by atoms with van der Waals surface area (Å²) in [5, 5.41) is 3.42. The molecule has 3 rings (SSSR count). The zero-order valence-electron chi connectivity index (χ0n) is 17.2. The van der Waals surface area contributed by atoms with Gasteiger partial charge in [0.1, 0.15) is 12.3 Å². The van der Waals surface area contributed by atoms with Crippen molar-refractivity contribution >= 4 is 29.3 Å². The smallest absolute Gasteiger partial charge is 0.276 e. The summed E-state index contributed by atoms with van der Waals surface area (Å²) in [5.41, 5.74) is 2.31. The van der Waals surface area contributed by atoms with Crippen LogP contribution in [-0.4, -0.2) is 42.8 Å². The van der Waals surface area contributed by atoms with E-state index in [0.29, 0.717) is 48.7 Å². The Morgan fingerprint density at radius 1 is 1.13 bits per heavy atom. The van der Waals surface area contributed by atoms with Crippen LogP contribution in [0.5, 0.6) is 11.5 Å². The van der Waals surface area contributed by atoms with Crippen molar-refractivity contribution in [1.29, 1.82) is 0 Å². The molecule has 158 valence electrons. The summed E-state index contributed by atoms with van der Waals surface area (Å²) in [5.74, 6) is 1.10. The van der Waals surface area contributed by atoms with E-state index in [-0.39, 0.29) is 5.91 Å². The summed E-state index contributed by atoms with van der Waals surface area (Å²) in [7, 11) is 1.60. The van der Waals surface area contributed by atoms with Crippen molar-refractivity contribution in [2.75, 3.05) is 26.9 Å². The molecule has 7 heteroatoms. The fourth-order valence-corrected chi connectivity index (χ4v) is 3.33. The highest BCUT2D eigenvalue weighted by Gasteiger charge is 2.30. The molecule has 0 aromatic heterocycles. The van der Waals surface area contributed by atoms with E-state index in [1.807, 2.05) is 55.5 Å². The molecule has 1 heterocycles. The van der Waals surface area contributed by atoms with Crippen molar-refractivity contribution in [2.45, 2.75) is 20.0 Å². The van der Waals surface area contributed by atoms with E-state index < -0.39 is 0 Å². The molecular formula is C23H26N2O4S. The van der Waals surface area contributed by atoms with Gasteiger partial charge in [0.25, 0.3) is 5.91 Å². The molecule has 2 aromatic carbocycles. The SMILES string of the molecule is CCOCCCN1C(=O)/C(=C\c2ccc(OC)c(OCc3ccccc3)c2)NC1=S. The van der Waals surface area contributed by atoms with E-state index in [1.54, 1.807) is 18.1 Å². The van der Waals surface area contributed by atoms with Gasteiger partial charge in [-0.15, -0.1) is 0 Å². The predicted molar refractivity (Wildman–Crippen MR) is 120 cm³/mol. The maximum absolute atomic E-state index is 12.7. The van der Waals surface area contributed by atoms with Crippen molar-refractivity contribution in [1.82, 2.24) is 10.2 Å². The minimum absolute atomic E-state index is 0.140. The Morgan fingerprint density at radius 3 is 2.67 bits per heavy atom. The van der Waals surface area contributed by atoms with Gasteiger partial charge in [-0.1, -0.05) is 36.4 Å². The maximum atomic E-state index is 12.7. The minimum atomic E-state index is -0.140. The largest absolute Gasteiger partial charge is 0.493 e. The van der Waals surface area contributed by atoms with Gasteiger partial charge in [-0.3, -0.25) is 9.69 Å². The number of hydrogen-bond acceptors (Lipinski definition) is 5. The van der Waals surface area contributed by atoms with Crippen molar-refractivity contribution in [3.05, 3.63) is 65.4 Å². The Balaban J connectivity index is 1.71. The molecule has 0 aliphatic carbocycles. The second-order valence-electron chi connectivity index (χ2n) is 6.68. The highest BCUT2D eigenvalue weighted by molar-refractivity contribution is 7.80. The summed E-state index contributed by atoms with van der Waals surface area (Å²) in [4.78, 5) is 14.3. The van der Waals surface area contributed by atoms with Crippen LogP contribution in [0.2, 0.25) is 0 Å². The third-order valence-corrected chi connectivity index (χ3v) is 4.90. The molecule has 2 aromatic rings. The normalized spacial score (nSPS) is 14.9. The zero-order chi connectivity index (χ0) is 21.3. The molecule has 1 aliphatic rings. The van der Waals surface area contributed by atoms with E-state index in [0.717, 1.165) is 17.5 Å². The highest BCUT2D eigenvalue weighted by atomic mass is 32.1. The van der Waals surface area contributed by atoms with Crippen LogP contribution in [0, 0.1) is 0 Å². The molecule has 1 N–H and O–H groups in total. The van der Waals surface area contributed by atoms with Crippen LogP contribution < -0.4 is 14.8 Å². The monoisotopic (exact) mass is 426 g/mol. The third-order valence-electron chi connectivity index (χ3n) is 4.57. The third kappa shape index (κ3) is 5.58. The van der Waals surface area contributed by atoms with Gasteiger partial charge in [0.15, 0.2) is 16.6 Å². The molecule has 0 saturated carbocycles. The van der Waals surface area contributed by atoms with Crippen molar-refractivity contribution in [3.8, 4) is 11.5 Å². The van der Waals surface area contributed by atoms with Crippen LogP contribution in [0.4, 0.5) is 0 Å². The van der Waals surface area contributed by atoms with Crippen LogP contribution in [0.25, 0.3) is 6.08 Å². The molecule has 1 saturated heterocycles. The number of ether oxygens (including phenoxy) is 3. The fourth-order valence-electron chi connectivity index (χ4n) is 3.04. The summed E-state index contributed by atoms with van der Waals surface area (Å²) in [6.45, 7) is 4.15. The summed E-state index contributed by atoms with van der Waals surface area (Å²) >= 11 is 5.32. The topological polar surface area (TPSA) is 60.0 Å². The molecule has 1 fully saturated rings. The van der Waals surface area contributed by atoms with E-state index in [4.69, 9.17) is 26.4 Å². The lowest BCUT2D eigenvalue weighted by Crippen LogP contribution is -2.32. The number of nitrogens with one attached hydrogen (secondary N) is 1. The lowest BCUT2D eigenvalue weighted by atomic mass is 10.1. The van der Waals surface area contributed by atoms with Gasteiger partial charge >= 0.3 is 0 Å². The minimum Gasteiger partial charge on any atom is -0.493 e. The standard InChI is InChI=1S/C23H26N2O4S/c1-3-28-13-7-12-25-22(26)19(24-23(25)30)14-18-10-11-20(27-2)21(15-18)29-16-17-8-5-4-6-9-17/h4-6,8-11,14-15H,3,7,12-13,16H2,1-2H3,(H,24,30)/b19-14+. The van der Waals surface area contributed by atoms with E-state index in [1.165, 1.54) is 0 Å². The Hall–Kier alpha value is -2.90. The number of benzene rings is 2. The van der Waals surface area contributed by atoms with Crippen molar-refractivity contribution < 1.29 is 19.0 Å². The van der Waals surface area contributed by atoms with Gasteiger partial charge in [0.2, 0.25) is 0 Å². The number of hydrogen-bond donors (Lipinski definition) is 1. The molecule has 0 radical (unpaired) electrons. The van der Waals surface area contributed by atoms with Gasteiger partial charge < -0.3 is 19.5 Å². The van der Waals surface area contributed by atoms with Crippen LogP contribution >= 0.6 is 12.2 Å². The number of carbonyl (C=O) groups is 1. The second kappa shape index (κ2) is 10.8. The molecular weight excluding hydrogens is 400 g/mol. The van der Waals surface area contributed by atoms with E-state index >= 15 is 0 Å². The molecule has 0 bridgehead atoms. The Kier molecular flexibility index (Phi) is 7.82. The lowest BCUT2D eigenvalue weighted by Gasteiger charge is -2.13. The average molecular weight is 427 g/mol. The maximum Gasteiger partial charge on any atom is 0.276 e. The van der Waals surface area contributed by atoms with Gasteiger partial charge in [-0.2, -0.15) is 0 Å². The number of carbonyl (C=O) groups excluding carboxylic acids is 1. The van der Waals surface area contributed by atoms with Crippen LogP contribution in [0.1, 0.15) is 24.5 Å². The molecule has 1 amide bonds. The Morgan fingerprint density at radius 2 is 1.93 bits per heavy atom. The summed E-state index contributed by atoms with van der Waals surface area (Å²) in [6, 6.07) is 15.5. The Bertz CT molecular complexity index is 915. The molecule has 0 atom stereocenters. The molecule has 30 heavy (non-hydrogen) atoms. The van der Waals surface area contributed by atoms with Crippen LogP contribution in [0.3, 0.4) is 0 Å². The van der Waals surface area contributed by atoms with Crippen molar-refractivity contribution in [3.63, 3.8) is 0 Å². The predicted octanol–water partition coefficient (Wildman–Crippen LogP) is 3.76. The number of methoxy groups -OCH3 is 1. The lowest BCUT2D eigenvalue weighted by molar-refractivity contribution is -0.122. The Labute approximate surface area is 182 Å². The number of thiocarbonyl (C=S) groups is 1. The highest BCUT2D eigenvalue weighted by Crippen LogP contribution is 2.30. The van der Waals surface area contributed by atoms with Crippen LogP contribution in [-0.2, 0) is 16.1 Å². The van der Waals surface area contributed by atoms with E-state index in [9.17, 15) is 4.79 Å². The molecule has 1 aliphatic heterocycles. The quantitative estimate of drug-likeness (QED) is 0.355. The number of amides is 1. The first-order valence-electron chi connectivity index (χ1n) is 9.89. The number of nitrogens with zero attached hydrogens (tertiary/aromatic N) is 1. The van der Waals surface area contributed by atoms with Gasteiger partial charge in [-0.25, -0.2) is 0 Å². The molecule has 0 unspecified atom stereocenters. The van der Waals surface area contributed by atoms with Crippen LogP contribution in [0.15, 0.2) is 54.2 Å².